The molecule has 6 nitrogen and oxygen atoms in total. The minimum absolute atomic E-state index is 0.265. The van der Waals surface area contributed by atoms with E-state index in [1.807, 2.05) is 42.5 Å². The number of nitrogens with zero attached hydrogens (tertiary/aromatic N) is 1. The number of benzene rings is 2. The standard InChI is InChI=1S/C19H22N4O2/c24-19(22-17-3-1-2-14-8-13-25-18(14)17)21-15-4-6-16(7-5-15)23-11-9-20-10-12-23/h1-7,20H,8-13H2,(H2,21,22,24). The van der Waals surface area contributed by atoms with Crippen molar-refractivity contribution in [3.05, 3.63) is 48.0 Å². The Hall–Kier alpha value is -2.73. The van der Waals surface area contributed by atoms with Crippen LogP contribution in [-0.2, 0) is 6.42 Å². The number of nitrogens with one attached hydrogen (secondary N) is 3. The third kappa shape index (κ3) is 3.53. The molecule has 2 aromatic carbocycles. The van der Waals surface area contributed by atoms with E-state index < -0.39 is 0 Å². The third-order valence-electron chi connectivity index (χ3n) is 4.57. The molecule has 0 spiro atoms. The predicted molar refractivity (Wildman–Crippen MR) is 99.8 cm³/mol. The molecule has 0 radical (unpaired) electrons. The Labute approximate surface area is 147 Å². The first-order chi connectivity index (χ1) is 12.3. The largest absolute Gasteiger partial charge is 0.491 e. The van der Waals surface area contributed by atoms with Crippen LogP contribution in [0.25, 0.3) is 0 Å². The van der Waals surface area contributed by atoms with Gasteiger partial charge in [0, 0.05) is 44.0 Å². The number of fused-ring (bicyclic) bond motifs is 1. The highest BCUT2D eigenvalue weighted by Crippen LogP contribution is 2.33. The average molecular weight is 338 g/mol. The number of hydrogen-bond donors (Lipinski definition) is 3. The molecular weight excluding hydrogens is 316 g/mol. The van der Waals surface area contributed by atoms with Crippen LogP contribution >= 0.6 is 0 Å². The van der Waals surface area contributed by atoms with Gasteiger partial charge in [-0.2, -0.15) is 0 Å². The van der Waals surface area contributed by atoms with E-state index in [1.165, 1.54) is 5.69 Å². The first kappa shape index (κ1) is 15.8. The summed E-state index contributed by atoms with van der Waals surface area (Å²) in [5.41, 5.74) is 3.80. The summed E-state index contributed by atoms with van der Waals surface area (Å²) in [5, 5.41) is 9.10. The van der Waals surface area contributed by atoms with E-state index in [0.717, 1.165) is 49.6 Å². The van der Waals surface area contributed by atoms with Crippen LogP contribution in [0.4, 0.5) is 21.9 Å². The molecule has 0 bridgehead atoms. The van der Waals surface area contributed by atoms with Crippen LogP contribution in [-0.4, -0.2) is 38.8 Å². The van der Waals surface area contributed by atoms with Crippen molar-refractivity contribution in [2.75, 3.05) is 48.3 Å². The third-order valence-corrected chi connectivity index (χ3v) is 4.57. The highest BCUT2D eigenvalue weighted by Gasteiger charge is 2.17. The molecule has 2 aliphatic rings. The number of carbonyl (C=O) groups excluding carboxylic acids is 1. The minimum atomic E-state index is -0.265. The molecule has 0 unspecified atom stereocenters. The van der Waals surface area contributed by atoms with Crippen molar-refractivity contribution in [2.24, 2.45) is 0 Å². The van der Waals surface area contributed by atoms with E-state index in [-0.39, 0.29) is 6.03 Å². The molecule has 0 saturated carbocycles. The van der Waals surface area contributed by atoms with E-state index in [9.17, 15) is 4.79 Å². The molecule has 2 aliphatic heterocycles. The number of amides is 2. The van der Waals surface area contributed by atoms with Gasteiger partial charge in [-0.15, -0.1) is 0 Å². The fourth-order valence-corrected chi connectivity index (χ4v) is 3.28. The first-order valence-corrected chi connectivity index (χ1v) is 8.68. The average Bonchev–Trinajstić information content (AvgIpc) is 3.13. The highest BCUT2D eigenvalue weighted by molar-refractivity contribution is 6.01. The van der Waals surface area contributed by atoms with Crippen LogP contribution in [0, 0.1) is 0 Å². The molecular formula is C19H22N4O2. The van der Waals surface area contributed by atoms with Crippen molar-refractivity contribution >= 4 is 23.1 Å². The number of rotatable bonds is 3. The van der Waals surface area contributed by atoms with Crippen LogP contribution < -0.4 is 25.6 Å². The van der Waals surface area contributed by atoms with Gasteiger partial charge < -0.3 is 25.6 Å². The summed E-state index contributed by atoms with van der Waals surface area (Å²) in [4.78, 5) is 14.6. The normalized spacial score (nSPS) is 16.1. The molecule has 4 rings (SSSR count). The van der Waals surface area contributed by atoms with Crippen LogP contribution in [0.3, 0.4) is 0 Å². The quantitative estimate of drug-likeness (QED) is 0.805. The van der Waals surface area contributed by atoms with Gasteiger partial charge in [0.25, 0.3) is 0 Å². The van der Waals surface area contributed by atoms with Gasteiger partial charge in [-0.3, -0.25) is 0 Å². The van der Waals surface area contributed by atoms with Gasteiger partial charge in [-0.25, -0.2) is 4.79 Å². The molecule has 2 heterocycles. The van der Waals surface area contributed by atoms with Crippen molar-refractivity contribution in [1.29, 1.82) is 0 Å². The van der Waals surface area contributed by atoms with Crippen molar-refractivity contribution < 1.29 is 9.53 Å². The van der Waals surface area contributed by atoms with Crippen molar-refractivity contribution in [1.82, 2.24) is 5.32 Å². The molecule has 25 heavy (non-hydrogen) atoms. The van der Waals surface area contributed by atoms with Crippen LogP contribution in [0.15, 0.2) is 42.5 Å². The van der Waals surface area contributed by atoms with Crippen LogP contribution in [0.1, 0.15) is 5.56 Å². The van der Waals surface area contributed by atoms with E-state index >= 15 is 0 Å². The molecule has 1 saturated heterocycles. The van der Waals surface area contributed by atoms with E-state index in [1.54, 1.807) is 0 Å². The van der Waals surface area contributed by atoms with Crippen molar-refractivity contribution in [3.8, 4) is 5.75 Å². The summed E-state index contributed by atoms with van der Waals surface area (Å²) in [5.74, 6) is 0.784. The van der Waals surface area contributed by atoms with Gasteiger partial charge in [0.1, 0.15) is 5.75 Å². The lowest BCUT2D eigenvalue weighted by atomic mass is 10.1. The Kier molecular flexibility index (Phi) is 4.43. The molecule has 0 aliphatic carbocycles. The molecule has 3 N–H and O–H groups in total. The Morgan fingerprint density at radius 2 is 1.84 bits per heavy atom. The zero-order valence-electron chi connectivity index (χ0n) is 14.0. The number of carbonyl (C=O) groups is 1. The zero-order valence-corrected chi connectivity index (χ0v) is 14.0. The maximum atomic E-state index is 12.3. The molecule has 1 fully saturated rings. The Morgan fingerprint density at radius 1 is 1.04 bits per heavy atom. The topological polar surface area (TPSA) is 65.6 Å². The summed E-state index contributed by atoms with van der Waals surface area (Å²) in [6.07, 6.45) is 0.889. The van der Waals surface area contributed by atoms with Gasteiger partial charge in [-0.05, 0) is 35.9 Å². The van der Waals surface area contributed by atoms with Gasteiger partial charge in [-0.1, -0.05) is 12.1 Å². The number of piperazine rings is 1. The Balaban J connectivity index is 1.39. The Morgan fingerprint density at radius 3 is 2.64 bits per heavy atom. The molecule has 2 aromatic rings. The second-order valence-corrected chi connectivity index (χ2v) is 6.26. The highest BCUT2D eigenvalue weighted by atomic mass is 16.5. The second-order valence-electron chi connectivity index (χ2n) is 6.26. The van der Waals surface area contributed by atoms with Gasteiger partial charge in [0.15, 0.2) is 0 Å². The first-order valence-electron chi connectivity index (χ1n) is 8.68. The SMILES string of the molecule is O=C(Nc1ccc(N2CCNCC2)cc1)Nc1cccc2c1OCC2. The van der Waals surface area contributed by atoms with Gasteiger partial charge >= 0.3 is 6.03 Å². The number of anilines is 3. The summed E-state index contributed by atoms with van der Waals surface area (Å²) in [6.45, 7) is 4.69. The van der Waals surface area contributed by atoms with Crippen molar-refractivity contribution in [2.45, 2.75) is 6.42 Å². The summed E-state index contributed by atoms with van der Waals surface area (Å²) in [7, 11) is 0. The molecule has 2 amide bonds. The van der Waals surface area contributed by atoms with Gasteiger partial charge in [0.05, 0.1) is 12.3 Å². The predicted octanol–water partition coefficient (Wildman–Crippen LogP) is 2.68. The van der Waals surface area contributed by atoms with Gasteiger partial charge in [0.2, 0.25) is 0 Å². The lowest BCUT2D eigenvalue weighted by Gasteiger charge is -2.29. The van der Waals surface area contributed by atoms with Crippen LogP contribution in [0.2, 0.25) is 0 Å². The maximum Gasteiger partial charge on any atom is 0.323 e. The van der Waals surface area contributed by atoms with E-state index in [0.29, 0.717) is 12.3 Å². The summed E-state index contributed by atoms with van der Waals surface area (Å²) < 4.78 is 5.61. The molecule has 6 heteroatoms. The van der Waals surface area contributed by atoms with E-state index in [4.69, 9.17) is 4.74 Å². The Bertz CT molecular complexity index is 755. The number of para-hydroxylation sites is 1. The summed E-state index contributed by atoms with van der Waals surface area (Å²) >= 11 is 0. The molecule has 0 aromatic heterocycles. The summed E-state index contributed by atoms with van der Waals surface area (Å²) in [6, 6.07) is 13.5. The molecule has 130 valence electrons. The lowest BCUT2D eigenvalue weighted by Crippen LogP contribution is -2.43. The smallest absolute Gasteiger partial charge is 0.323 e. The zero-order chi connectivity index (χ0) is 17.1. The van der Waals surface area contributed by atoms with E-state index in [2.05, 4.69) is 20.9 Å². The number of urea groups is 1. The number of hydrogen-bond acceptors (Lipinski definition) is 4. The fraction of sp³-hybridized carbons (Fsp3) is 0.316. The molecule has 0 atom stereocenters. The minimum Gasteiger partial charge on any atom is -0.491 e. The number of ether oxygens (including phenoxy) is 1. The van der Waals surface area contributed by atoms with Crippen molar-refractivity contribution in [3.63, 3.8) is 0 Å². The monoisotopic (exact) mass is 338 g/mol. The lowest BCUT2D eigenvalue weighted by molar-refractivity contribution is 0.262. The van der Waals surface area contributed by atoms with Crippen LogP contribution in [0.5, 0.6) is 5.75 Å². The maximum absolute atomic E-state index is 12.3. The fourth-order valence-electron chi connectivity index (χ4n) is 3.28. The second kappa shape index (κ2) is 7.03.